The van der Waals surface area contributed by atoms with Gasteiger partial charge in [-0.3, -0.25) is 4.79 Å². The largest absolute Gasteiger partial charge is 0.550 e. The van der Waals surface area contributed by atoms with Crippen molar-refractivity contribution < 1.29 is 19.1 Å². The summed E-state index contributed by atoms with van der Waals surface area (Å²) in [4.78, 5) is 23.7. The van der Waals surface area contributed by atoms with E-state index in [0.717, 1.165) is 17.2 Å². The summed E-state index contributed by atoms with van der Waals surface area (Å²) in [7, 11) is 0. The molecule has 1 aliphatic carbocycles. The topological polar surface area (TPSA) is 69.2 Å². The van der Waals surface area contributed by atoms with Gasteiger partial charge in [0.15, 0.2) is 0 Å². The van der Waals surface area contributed by atoms with Crippen molar-refractivity contribution in [1.29, 1.82) is 0 Å². The number of hydrogen-bond donors (Lipinski definition) is 1. The number of carboxylic acids is 1. The molecule has 22 heavy (non-hydrogen) atoms. The fourth-order valence-corrected chi connectivity index (χ4v) is 2.81. The van der Waals surface area contributed by atoms with Crippen LogP contribution in [0.4, 0.5) is 10.1 Å². The summed E-state index contributed by atoms with van der Waals surface area (Å²) >= 11 is 5.67. The van der Waals surface area contributed by atoms with E-state index in [1.807, 2.05) is 13.8 Å². The SMILES string of the molecule is CC1=C(C)CC(C(=O)Nc2ccc(F)c(Cl)c2)C(C(=O)[O-])C1. The lowest BCUT2D eigenvalue weighted by Crippen LogP contribution is -2.42. The molecule has 2 rings (SSSR count). The highest BCUT2D eigenvalue weighted by Gasteiger charge is 2.33. The Bertz CT molecular complexity index is 657. The van der Waals surface area contributed by atoms with E-state index in [9.17, 15) is 19.1 Å². The zero-order valence-electron chi connectivity index (χ0n) is 12.3. The molecule has 0 radical (unpaired) electrons. The molecule has 0 aromatic heterocycles. The van der Waals surface area contributed by atoms with Crippen LogP contribution in [0.5, 0.6) is 0 Å². The minimum absolute atomic E-state index is 0.107. The van der Waals surface area contributed by atoms with Gasteiger partial charge in [-0.2, -0.15) is 0 Å². The molecule has 1 aromatic carbocycles. The molecular formula is C16H16ClFNO3-. The van der Waals surface area contributed by atoms with Crippen molar-refractivity contribution in [2.45, 2.75) is 26.7 Å². The molecule has 0 saturated heterocycles. The highest BCUT2D eigenvalue weighted by molar-refractivity contribution is 6.31. The van der Waals surface area contributed by atoms with Crippen molar-refractivity contribution in [2.75, 3.05) is 5.32 Å². The first-order valence-corrected chi connectivity index (χ1v) is 7.29. The van der Waals surface area contributed by atoms with Gasteiger partial charge < -0.3 is 15.2 Å². The molecule has 0 saturated carbocycles. The number of carbonyl (C=O) groups is 2. The molecule has 0 heterocycles. The van der Waals surface area contributed by atoms with Gasteiger partial charge in [0.1, 0.15) is 5.82 Å². The van der Waals surface area contributed by atoms with E-state index in [4.69, 9.17) is 11.6 Å². The van der Waals surface area contributed by atoms with Gasteiger partial charge in [0.05, 0.1) is 10.9 Å². The van der Waals surface area contributed by atoms with Gasteiger partial charge in [0, 0.05) is 17.6 Å². The zero-order valence-corrected chi connectivity index (χ0v) is 13.0. The van der Waals surface area contributed by atoms with Crippen LogP contribution in [0.15, 0.2) is 29.3 Å². The first-order valence-electron chi connectivity index (χ1n) is 6.91. The van der Waals surface area contributed by atoms with E-state index >= 15 is 0 Å². The second kappa shape index (κ2) is 6.48. The van der Waals surface area contributed by atoms with E-state index in [2.05, 4.69) is 5.32 Å². The smallest absolute Gasteiger partial charge is 0.228 e. The molecule has 0 bridgehead atoms. The van der Waals surface area contributed by atoms with Crippen LogP contribution in [0, 0.1) is 17.7 Å². The number of carbonyl (C=O) groups excluding carboxylic acids is 2. The summed E-state index contributed by atoms with van der Waals surface area (Å²) < 4.78 is 13.1. The van der Waals surface area contributed by atoms with Crippen LogP contribution >= 0.6 is 11.6 Å². The zero-order chi connectivity index (χ0) is 16.4. The Morgan fingerprint density at radius 2 is 1.82 bits per heavy atom. The maximum atomic E-state index is 13.1. The number of carboxylic acid groups (broad SMARTS) is 1. The average Bonchev–Trinajstić information content (AvgIpc) is 2.45. The first-order chi connectivity index (χ1) is 10.3. The Morgan fingerprint density at radius 3 is 2.36 bits per heavy atom. The minimum atomic E-state index is -1.23. The van der Waals surface area contributed by atoms with Crippen LogP contribution in [0.3, 0.4) is 0 Å². The Morgan fingerprint density at radius 1 is 1.23 bits per heavy atom. The molecule has 1 N–H and O–H groups in total. The average molecular weight is 325 g/mol. The van der Waals surface area contributed by atoms with Crippen molar-refractivity contribution >= 4 is 29.2 Å². The summed E-state index contributed by atoms with van der Waals surface area (Å²) in [6.45, 7) is 3.75. The summed E-state index contributed by atoms with van der Waals surface area (Å²) in [5, 5.41) is 13.8. The van der Waals surface area contributed by atoms with Crippen LogP contribution in [-0.4, -0.2) is 11.9 Å². The summed E-state index contributed by atoms with van der Waals surface area (Å²) in [6, 6.07) is 3.81. The van der Waals surface area contributed by atoms with Crippen LogP contribution < -0.4 is 10.4 Å². The lowest BCUT2D eigenvalue weighted by molar-refractivity contribution is -0.313. The van der Waals surface area contributed by atoms with Crippen molar-refractivity contribution in [3.8, 4) is 0 Å². The summed E-state index contributed by atoms with van der Waals surface area (Å²) in [6.07, 6.45) is 0.668. The Labute approximate surface area is 133 Å². The maximum absolute atomic E-state index is 13.1. The molecule has 0 aliphatic heterocycles. The summed E-state index contributed by atoms with van der Waals surface area (Å²) in [5.41, 5.74) is 2.32. The van der Waals surface area contributed by atoms with Crippen LogP contribution in [0.1, 0.15) is 26.7 Å². The third kappa shape index (κ3) is 3.47. The first kappa shape index (κ1) is 16.5. The van der Waals surface area contributed by atoms with E-state index in [-0.39, 0.29) is 5.02 Å². The van der Waals surface area contributed by atoms with Gasteiger partial charge in [-0.05, 0) is 44.9 Å². The second-order valence-corrected chi connectivity index (χ2v) is 6.03. The molecule has 0 fully saturated rings. The Balaban J connectivity index is 2.19. The third-order valence-electron chi connectivity index (χ3n) is 4.09. The molecule has 2 atom stereocenters. The number of rotatable bonds is 3. The predicted octanol–water partition coefficient (Wildman–Crippen LogP) is 2.53. The van der Waals surface area contributed by atoms with Gasteiger partial charge in [-0.15, -0.1) is 0 Å². The van der Waals surface area contributed by atoms with E-state index in [0.29, 0.717) is 18.5 Å². The van der Waals surface area contributed by atoms with Crippen molar-refractivity contribution in [3.05, 3.63) is 40.2 Å². The van der Waals surface area contributed by atoms with E-state index in [1.165, 1.54) is 12.1 Å². The van der Waals surface area contributed by atoms with Crippen LogP contribution in [0.2, 0.25) is 5.02 Å². The number of anilines is 1. The van der Waals surface area contributed by atoms with Gasteiger partial charge in [0.25, 0.3) is 0 Å². The number of nitrogens with one attached hydrogen (secondary N) is 1. The normalized spacial score (nSPS) is 21.6. The number of halogens is 2. The molecule has 6 heteroatoms. The highest BCUT2D eigenvalue weighted by Crippen LogP contribution is 2.34. The van der Waals surface area contributed by atoms with Crippen molar-refractivity contribution in [3.63, 3.8) is 0 Å². The molecule has 118 valence electrons. The number of hydrogen-bond acceptors (Lipinski definition) is 3. The molecule has 1 aliphatic rings. The number of amides is 1. The molecule has 0 spiro atoms. The minimum Gasteiger partial charge on any atom is -0.550 e. The standard InChI is InChI=1S/C16H17ClFNO3/c1-8-5-11(12(16(21)22)6-9(8)2)15(20)19-10-3-4-14(18)13(17)7-10/h3-4,7,11-12H,5-6H2,1-2H3,(H,19,20)(H,21,22)/p-1. The molecule has 1 aromatic rings. The highest BCUT2D eigenvalue weighted by atomic mass is 35.5. The summed E-state index contributed by atoms with van der Waals surface area (Å²) in [5.74, 6) is -3.82. The molecule has 2 unspecified atom stereocenters. The van der Waals surface area contributed by atoms with Crippen LogP contribution in [0.25, 0.3) is 0 Å². The fourth-order valence-electron chi connectivity index (χ4n) is 2.62. The van der Waals surface area contributed by atoms with Gasteiger partial charge in [-0.25, -0.2) is 4.39 Å². The molecule has 4 nitrogen and oxygen atoms in total. The lowest BCUT2D eigenvalue weighted by atomic mass is 9.76. The van der Waals surface area contributed by atoms with E-state index < -0.39 is 29.5 Å². The monoisotopic (exact) mass is 324 g/mol. The number of aliphatic carboxylic acids is 1. The van der Waals surface area contributed by atoms with E-state index in [1.54, 1.807) is 0 Å². The van der Waals surface area contributed by atoms with Gasteiger partial charge in [0.2, 0.25) is 5.91 Å². The molecule has 1 amide bonds. The van der Waals surface area contributed by atoms with Crippen molar-refractivity contribution in [1.82, 2.24) is 0 Å². The molecular weight excluding hydrogens is 309 g/mol. The number of allylic oxidation sites excluding steroid dienone is 2. The predicted molar refractivity (Wildman–Crippen MR) is 79.6 cm³/mol. The second-order valence-electron chi connectivity index (χ2n) is 5.62. The quantitative estimate of drug-likeness (QED) is 0.869. The maximum Gasteiger partial charge on any atom is 0.228 e. The lowest BCUT2D eigenvalue weighted by Gasteiger charge is -2.32. The number of benzene rings is 1. The Kier molecular flexibility index (Phi) is 4.86. The van der Waals surface area contributed by atoms with Gasteiger partial charge >= 0.3 is 0 Å². The van der Waals surface area contributed by atoms with Gasteiger partial charge in [-0.1, -0.05) is 22.7 Å². The fraction of sp³-hybridized carbons (Fsp3) is 0.375. The van der Waals surface area contributed by atoms with Crippen molar-refractivity contribution in [2.24, 2.45) is 11.8 Å². The Hall–Kier alpha value is -1.88. The van der Waals surface area contributed by atoms with Crippen LogP contribution in [-0.2, 0) is 9.59 Å². The third-order valence-corrected chi connectivity index (χ3v) is 4.38.